The maximum Gasteiger partial charge on any atom is 0.0806 e. The third kappa shape index (κ3) is 17.0. The molecular weight excluding hydrogens is 400 g/mol. The van der Waals surface area contributed by atoms with Crippen molar-refractivity contribution in [2.24, 2.45) is 0 Å². The lowest BCUT2D eigenvalue weighted by Gasteiger charge is -2.22. The highest BCUT2D eigenvalue weighted by Crippen LogP contribution is 2.18. The van der Waals surface area contributed by atoms with Crippen molar-refractivity contribution < 1.29 is 0 Å². The van der Waals surface area contributed by atoms with Gasteiger partial charge in [-0.2, -0.15) is 0 Å². The lowest BCUT2D eigenvalue weighted by Crippen LogP contribution is -2.40. The maximum atomic E-state index is 2.54. The molecule has 186 valence electrons. The predicted octanol–water partition coefficient (Wildman–Crippen LogP) is 10.8. The Morgan fingerprint density at radius 3 is 1.09 bits per heavy atom. The van der Waals surface area contributed by atoms with Crippen molar-refractivity contribution in [2.75, 3.05) is 0 Å². The van der Waals surface area contributed by atoms with Crippen LogP contribution in [0.5, 0.6) is 0 Å². The molecule has 0 aliphatic carbocycles. The highest BCUT2D eigenvalue weighted by atomic mass is 28.3. The van der Waals surface area contributed by atoms with Gasteiger partial charge >= 0.3 is 0 Å². The molecule has 0 N–H and O–H groups in total. The molecule has 0 heterocycles. The van der Waals surface area contributed by atoms with Crippen LogP contribution < -0.4 is 5.19 Å². The molecule has 0 unspecified atom stereocenters. The molecule has 1 aromatic carbocycles. The van der Waals surface area contributed by atoms with Crippen molar-refractivity contribution in [1.29, 1.82) is 0 Å². The van der Waals surface area contributed by atoms with Crippen molar-refractivity contribution in [1.82, 2.24) is 0 Å². The van der Waals surface area contributed by atoms with Gasteiger partial charge in [-0.15, -0.1) is 0 Å². The standard InChI is InChI=1S/C31H58Si/c1-4-5-6-7-8-9-10-11-12-13-14-15-16-17-18-19-20-21-22-23-27-30-32(2,3)31-28-25-24-26-29-31/h24-26,28-29H,4-23,27,30H2,1-3H3. The molecule has 1 rings (SSSR count). The molecule has 0 atom stereocenters. The summed E-state index contributed by atoms with van der Waals surface area (Å²) in [5, 5.41) is 1.63. The van der Waals surface area contributed by atoms with Gasteiger partial charge in [0, 0.05) is 0 Å². The summed E-state index contributed by atoms with van der Waals surface area (Å²) in [6, 6.07) is 12.7. The van der Waals surface area contributed by atoms with Crippen LogP contribution in [0.2, 0.25) is 19.1 Å². The van der Waals surface area contributed by atoms with Gasteiger partial charge in [0.15, 0.2) is 0 Å². The fourth-order valence-electron chi connectivity index (χ4n) is 5.03. The van der Waals surface area contributed by atoms with Crippen LogP contribution in [0.3, 0.4) is 0 Å². The van der Waals surface area contributed by atoms with E-state index < -0.39 is 8.07 Å². The van der Waals surface area contributed by atoms with Crippen molar-refractivity contribution in [3.63, 3.8) is 0 Å². The number of rotatable bonds is 23. The summed E-state index contributed by atoms with van der Waals surface area (Å²) in [6.45, 7) is 7.38. The van der Waals surface area contributed by atoms with Crippen LogP contribution in [0.15, 0.2) is 30.3 Å². The first kappa shape index (κ1) is 29.5. The monoisotopic (exact) mass is 458 g/mol. The van der Waals surface area contributed by atoms with Gasteiger partial charge in [-0.05, 0) is 0 Å². The maximum absolute atomic E-state index is 2.54. The molecule has 0 saturated carbocycles. The molecule has 1 heteroatoms. The summed E-state index contributed by atoms with van der Waals surface area (Å²) >= 11 is 0. The average molecular weight is 459 g/mol. The first-order valence-electron chi connectivity index (χ1n) is 14.7. The number of hydrogen-bond donors (Lipinski definition) is 0. The summed E-state index contributed by atoms with van der Waals surface area (Å²) in [6.07, 6.45) is 30.8. The molecule has 0 nitrogen and oxygen atoms in total. The van der Waals surface area contributed by atoms with E-state index in [-0.39, 0.29) is 0 Å². The average Bonchev–Trinajstić information content (AvgIpc) is 2.80. The highest BCUT2D eigenvalue weighted by Gasteiger charge is 2.21. The predicted molar refractivity (Wildman–Crippen MR) is 151 cm³/mol. The Morgan fingerprint density at radius 2 is 0.750 bits per heavy atom. The van der Waals surface area contributed by atoms with Gasteiger partial charge in [0.2, 0.25) is 0 Å². The van der Waals surface area contributed by atoms with E-state index in [1.165, 1.54) is 141 Å². The molecule has 0 amide bonds. The first-order chi connectivity index (χ1) is 15.7. The van der Waals surface area contributed by atoms with Gasteiger partial charge < -0.3 is 0 Å². The minimum absolute atomic E-state index is 1.19. The molecule has 0 fully saturated rings. The third-order valence-corrected chi connectivity index (χ3v) is 11.0. The van der Waals surface area contributed by atoms with E-state index in [1.54, 1.807) is 5.19 Å². The Hall–Kier alpha value is -0.563. The summed E-state index contributed by atoms with van der Waals surface area (Å²) in [7, 11) is -1.19. The van der Waals surface area contributed by atoms with Gasteiger partial charge in [-0.1, -0.05) is 196 Å². The fraction of sp³-hybridized carbons (Fsp3) is 0.806. The van der Waals surface area contributed by atoms with Crippen LogP contribution in [0.25, 0.3) is 0 Å². The van der Waals surface area contributed by atoms with E-state index in [4.69, 9.17) is 0 Å². The molecule has 1 aromatic rings. The van der Waals surface area contributed by atoms with E-state index in [2.05, 4.69) is 50.3 Å². The van der Waals surface area contributed by atoms with Crippen molar-refractivity contribution in [3.05, 3.63) is 30.3 Å². The minimum atomic E-state index is -1.19. The molecule has 32 heavy (non-hydrogen) atoms. The molecule has 0 aromatic heterocycles. The molecule has 0 spiro atoms. The van der Waals surface area contributed by atoms with Crippen LogP contribution in [-0.2, 0) is 0 Å². The van der Waals surface area contributed by atoms with E-state index in [1.807, 2.05) is 0 Å². The summed E-state index contributed by atoms with van der Waals surface area (Å²) in [4.78, 5) is 0. The summed E-state index contributed by atoms with van der Waals surface area (Å²) in [5.41, 5.74) is 0. The second-order valence-electron chi connectivity index (χ2n) is 11.1. The molecular formula is C31H58Si. The summed E-state index contributed by atoms with van der Waals surface area (Å²) in [5.74, 6) is 0. The van der Waals surface area contributed by atoms with Crippen molar-refractivity contribution in [2.45, 2.75) is 161 Å². The van der Waals surface area contributed by atoms with Gasteiger partial charge in [0.1, 0.15) is 0 Å². The Kier molecular flexibility index (Phi) is 19.3. The van der Waals surface area contributed by atoms with Crippen LogP contribution in [0.4, 0.5) is 0 Å². The van der Waals surface area contributed by atoms with E-state index in [0.29, 0.717) is 0 Å². The number of unbranched alkanes of at least 4 members (excludes halogenated alkanes) is 20. The van der Waals surface area contributed by atoms with Crippen LogP contribution in [0, 0.1) is 0 Å². The highest BCUT2D eigenvalue weighted by molar-refractivity contribution is 6.89. The Morgan fingerprint density at radius 1 is 0.438 bits per heavy atom. The minimum Gasteiger partial charge on any atom is -0.0654 e. The molecule has 0 bridgehead atoms. The molecule has 0 aliphatic rings. The Balaban J connectivity index is 1.75. The Bertz CT molecular complexity index is 492. The lowest BCUT2D eigenvalue weighted by atomic mass is 10.0. The largest absolute Gasteiger partial charge is 0.0806 e. The van der Waals surface area contributed by atoms with Crippen LogP contribution in [-0.4, -0.2) is 8.07 Å². The van der Waals surface area contributed by atoms with Gasteiger partial charge in [0.05, 0.1) is 8.07 Å². The van der Waals surface area contributed by atoms with Crippen LogP contribution >= 0.6 is 0 Å². The van der Waals surface area contributed by atoms with Crippen molar-refractivity contribution >= 4 is 13.3 Å². The smallest absolute Gasteiger partial charge is 0.0654 e. The van der Waals surface area contributed by atoms with Gasteiger partial charge in [0.25, 0.3) is 0 Å². The fourth-order valence-corrected chi connectivity index (χ4v) is 7.55. The topological polar surface area (TPSA) is 0 Å². The first-order valence-corrected chi connectivity index (χ1v) is 17.9. The summed E-state index contributed by atoms with van der Waals surface area (Å²) < 4.78 is 0. The SMILES string of the molecule is CCCCCCCCCCCCCCCCCCCCCCC[Si](C)(C)c1ccccc1. The zero-order valence-electron chi connectivity index (χ0n) is 22.4. The van der Waals surface area contributed by atoms with Crippen LogP contribution in [0.1, 0.15) is 142 Å². The lowest BCUT2D eigenvalue weighted by molar-refractivity contribution is 0.521. The zero-order valence-corrected chi connectivity index (χ0v) is 23.4. The number of benzene rings is 1. The van der Waals surface area contributed by atoms with E-state index >= 15 is 0 Å². The second kappa shape index (κ2) is 21.0. The molecule has 0 radical (unpaired) electrons. The van der Waals surface area contributed by atoms with Crippen molar-refractivity contribution in [3.8, 4) is 0 Å². The normalized spacial score (nSPS) is 11.8. The number of hydrogen-bond acceptors (Lipinski definition) is 0. The van der Waals surface area contributed by atoms with Gasteiger partial charge in [-0.3, -0.25) is 0 Å². The zero-order chi connectivity index (χ0) is 23.2. The molecule has 0 aliphatic heterocycles. The Labute approximate surface area is 204 Å². The molecule has 0 saturated heterocycles. The quantitative estimate of drug-likeness (QED) is 0.113. The second-order valence-corrected chi connectivity index (χ2v) is 15.9. The van der Waals surface area contributed by atoms with Gasteiger partial charge in [-0.25, -0.2) is 0 Å². The van der Waals surface area contributed by atoms with E-state index in [9.17, 15) is 0 Å². The van der Waals surface area contributed by atoms with E-state index in [0.717, 1.165) is 0 Å². The third-order valence-electron chi connectivity index (χ3n) is 7.46.